The Morgan fingerprint density at radius 3 is 2.50 bits per heavy atom. The van der Waals surface area contributed by atoms with Crippen molar-refractivity contribution in [1.82, 2.24) is 0 Å². The van der Waals surface area contributed by atoms with Crippen LogP contribution in [-0.2, 0) is 0 Å². The summed E-state index contributed by atoms with van der Waals surface area (Å²) < 4.78 is 0. The van der Waals surface area contributed by atoms with E-state index in [9.17, 15) is 0 Å². The van der Waals surface area contributed by atoms with Crippen LogP contribution in [0.1, 0.15) is 6.42 Å². The maximum absolute atomic E-state index is 5.80. The highest BCUT2D eigenvalue weighted by molar-refractivity contribution is 5.25. The Morgan fingerprint density at radius 2 is 2.20 bits per heavy atom. The standard InChI is InChI=1S/C8H11N.H2O/c1-2-8(9)6-4-3-5-7-8;/h2-6H,1,7,9H2;1H2. The second kappa shape index (κ2) is 3.34. The summed E-state index contributed by atoms with van der Waals surface area (Å²) in [7, 11) is 0. The van der Waals surface area contributed by atoms with E-state index in [1.54, 1.807) is 6.08 Å². The van der Waals surface area contributed by atoms with E-state index in [4.69, 9.17) is 5.73 Å². The predicted octanol–water partition coefficient (Wildman–Crippen LogP) is 0.561. The van der Waals surface area contributed by atoms with Crippen molar-refractivity contribution in [3.05, 3.63) is 37.0 Å². The lowest BCUT2D eigenvalue weighted by molar-refractivity contribution is 0.661. The zero-order valence-electron chi connectivity index (χ0n) is 5.88. The van der Waals surface area contributed by atoms with Gasteiger partial charge in [0.2, 0.25) is 0 Å². The third kappa shape index (κ3) is 1.83. The average Bonchev–Trinajstić information content (AvgIpc) is 1.90. The lowest BCUT2D eigenvalue weighted by atomic mass is 9.93. The normalized spacial score (nSPS) is 29.3. The van der Waals surface area contributed by atoms with E-state index in [2.05, 4.69) is 6.58 Å². The van der Waals surface area contributed by atoms with Gasteiger partial charge in [-0.05, 0) is 6.42 Å². The Kier molecular flexibility index (Phi) is 3.06. The molecule has 0 aromatic heterocycles. The number of rotatable bonds is 1. The van der Waals surface area contributed by atoms with Gasteiger partial charge < -0.3 is 11.2 Å². The smallest absolute Gasteiger partial charge is 0.0560 e. The molecule has 0 spiro atoms. The predicted molar refractivity (Wildman–Crippen MR) is 43.6 cm³/mol. The molecule has 56 valence electrons. The molecule has 0 bridgehead atoms. The molecule has 2 heteroatoms. The SMILES string of the molecule is C=CC1(N)C=CC=CC1.O. The Morgan fingerprint density at radius 1 is 1.50 bits per heavy atom. The summed E-state index contributed by atoms with van der Waals surface area (Å²) in [6.45, 7) is 3.65. The van der Waals surface area contributed by atoms with Gasteiger partial charge >= 0.3 is 0 Å². The van der Waals surface area contributed by atoms with E-state index in [1.165, 1.54) is 0 Å². The quantitative estimate of drug-likeness (QED) is 0.530. The summed E-state index contributed by atoms with van der Waals surface area (Å²) in [5.41, 5.74) is 5.52. The molecule has 0 fully saturated rings. The molecule has 0 aromatic rings. The van der Waals surface area contributed by atoms with E-state index < -0.39 is 0 Å². The molecule has 1 aliphatic rings. The van der Waals surface area contributed by atoms with Gasteiger partial charge in [0.05, 0.1) is 5.54 Å². The molecule has 4 N–H and O–H groups in total. The molecule has 0 aliphatic heterocycles. The minimum Gasteiger partial charge on any atom is -0.412 e. The third-order valence-electron chi connectivity index (χ3n) is 1.51. The van der Waals surface area contributed by atoms with Crippen LogP contribution in [0.15, 0.2) is 37.0 Å². The highest BCUT2D eigenvalue weighted by Gasteiger charge is 2.15. The molecule has 1 aliphatic carbocycles. The Bertz CT molecular complexity index is 172. The second-order valence-corrected chi connectivity index (χ2v) is 2.31. The first-order valence-corrected chi connectivity index (χ1v) is 3.04. The fourth-order valence-corrected chi connectivity index (χ4v) is 0.805. The Balaban J connectivity index is 0.000000810. The minimum atomic E-state index is -0.283. The highest BCUT2D eigenvalue weighted by Crippen LogP contribution is 2.14. The van der Waals surface area contributed by atoms with Crippen LogP contribution < -0.4 is 5.73 Å². The summed E-state index contributed by atoms with van der Waals surface area (Å²) in [6, 6.07) is 0. The summed E-state index contributed by atoms with van der Waals surface area (Å²) in [5.74, 6) is 0. The molecule has 0 amide bonds. The van der Waals surface area contributed by atoms with Crippen molar-refractivity contribution in [3.8, 4) is 0 Å². The van der Waals surface area contributed by atoms with Gasteiger partial charge in [-0.25, -0.2) is 0 Å². The van der Waals surface area contributed by atoms with Crippen LogP contribution in [0.25, 0.3) is 0 Å². The molecule has 1 unspecified atom stereocenters. The highest BCUT2D eigenvalue weighted by atomic mass is 16.0. The van der Waals surface area contributed by atoms with Crippen LogP contribution in [0.5, 0.6) is 0 Å². The maximum atomic E-state index is 5.80. The van der Waals surface area contributed by atoms with Crippen LogP contribution in [-0.4, -0.2) is 11.0 Å². The Hall–Kier alpha value is -0.860. The number of nitrogens with two attached hydrogens (primary N) is 1. The number of hydrogen-bond donors (Lipinski definition) is 1. The number of allylic oxidation sites excluding steroid dienone is 2. The van der Waals surface area contributed by atoms with Crippen molar-refractivity contribution in [3.63, 3.8) is 0 Å². The van der Waals surface area contributed by atoms with Crippen LogP contribution >= 0.6 is 0 Å². The molecule has 1 rings (SSSR count). The fourth-order valence-electron chi connectivity index (χ4n) is 0.805. The molecule has 2 nitrogen and oxygen atoms in total. The lowest BCUT2D eigenvalue weighted by Crippen LogP contribution is -2.34. The number of hydrogen-bond acceptors (Lipinski definition) is 1. The van der Waals surface area contributed by atoms with Gasteiger partial charge in [0.25, 0.3) is 0 Å². The molecule has 1 atom stereocenters. The molecule has 0 saturated heterocycles. The van der Waals surface area contributed by atoms with Crippen molar-refractivity contribution in [2.45, 2.75) is 12.0 Å². The zero-order valence-corrected chi connectivity index (χ0v) is 5.88. The molecular weight excluding hydrogens is 126 g/mol. The lowest BCUT2D eigenvalue weighted by Gasteiger charge is -2.20. The van der Waals surface area contributed by atoms with Gasteiger partial charge in [-0.2, -0.15) is 0 Å². The largest absolute Gasteiger partial charge is 0.412 e. The van der Waals surface area contributed by atoms with Gasteiger partial charge in [0.15, 0.2) is 0 Å². The molecule has 0 heterocycles. The monoisotopic (exact) mass is 139 g/mol. The first-order valence-electron chi connectivity index (χ1n) is 3.04. The topological polar surface area (TPSA) is 57.5 Å². The van der Waals surface area contributed by atoms with Crippen LogP contribution in [0.4, 0.5) is 0 Å². The van der Waals surface area contributed by atoms with E-state index in [-0.39, 0.29) is 11.0 Å². The van der Waals surface area contributed by atoms with Gasteiger partial charge in [0, 0.05) is 0 Å². The first kappa shape index (κ1) is 9.14. The van der Waals surface area contributed by atoms with Crippen molar-refractivity contribution in [1.29, 1.82) is 0 Å². The molecule has 0 aromatic carbocycles. The first-order chi connectivity index (χ1) is 4.27. The van der Waals surface area contributed by atoms with Gasteiger partial charge in [-0.3, -0.25) is 0 Å². The van der Waals surface area contributed by atoms with Crippen molar-refractivity contribution < 1.29 is 5.48 Å². The van der Waals surface area contributed by atoms with Gasteiger partial charge in [-0.15, -0.1) is 6.58 Å². The molecule has 0 saturated carbocycles. The van der Waals surface area contributed by atoms with Crippen molar-refractivity contribution in [2.75, 3.05) is 0 Å². The molecular formula is C8H13NO. The van der Waals surface area contributed by atoms with Crippen molar-refractivity contribution >= 4 is 0 Å². The Labute approximate surface area is 61.0 Å². The van der Waals surface area contributed by atoms with E-state index in [1.807, 2.05) is 24.3 Å². The van der Waals surface area contributed by atoms with E-state index >= 15 is 0 Å². The minimum absolute atomic E-state index is 0. The van der Waals surface area contributed by atoms with Crippen LogP contribution in [0, 0.1) is 0 Å². The van der Waals surface area contributed by atoms with E-state index in [0.717, 1.165) is 6.42 Å². The van der Waals surface area contributed by atoms with Gasteiger partial charge in [-0.1, -0.05) is 30.4 Å². The third-order valence-corrected chi connectivity index (χ3v) is 1.51. The zero-order chi connectivity index (χ0) is 6.74. The average molecular weight is 139 g/mol. The molecule has 10 heavy (non-hydrogen) atoms. The van der Waals surface area contributed by atoms with Crippen LogP contribution in [0.2, 0.25) is 0 Å². The molecule has 0 radical (unpaired) electrons. The summed E-state index contributed by atoms with van der Waals surface area (Å²) >= 11 is 0. The fraction of sp³-hybridized carbons (Fsp3) is 0.250. The van der Waals surface area contributed by atoms with Gasteiger partial charge in [0.1, 0.15) is 0 Å². The summed E-state index contributed by atoms with van der Waals surface area (Å²) in [4.78, 5) is 0. The maximum Gasteiger partial charge on any atom is 0.0560 e. The second-order valence-electron chi connectivity index (χ2n) is 2.31. The van der Waals surface area contributed by atoms with Crippen LogP contribution in [0.3, 0.4) is 0 Å². The van der Waals surface area contributed by atoms with E-state index in [0.29, 0.717) is 0 Å². The summed E-state index contributed by atoms with van der Waals surface area (Å²) in [6.07, 6.45) is 10.6. The van der Waals surface area contributed by atoms with Crippen molar-refractivity contribution in [2.24, 2.45) is 5.73 Å². The summed E-state index contributed by atoms with van der Waals surface area (Å²) in [5, 5.41) is 0.